The molecule has 174 valence electrons. The SMILES string of the molecule is COc1ccc(S(=O)(=O)N(CC(=O)Nc2c(Cl)cccc2Cl)c2ccc(C)cc2)cc1OC. The monoisotopic (exact) mass is 508 g/mol. The van der Waals surface area contributed by atoms with Crippen molar-refractivity contribution in [2.75, 3.05) is 30.4 Å². The van der Waals surface area contributed by atoms with Gasteiger partial charge in [-0.2, -0.15) is 0 Å². The van der Waals surface area contributed by atoms with Crippen LogP contribution in [0.2, 0.25) is 10.0 Å². The average Bonchev–Trinajstić information content (AvgIpc) is 2.80. The van der Waals surface area contributed by atoms with Gasteiger partial charge in [-0.25, -0.2) is 8.42 Å². The van der Waals surface area contributed by atoms with Crippen LogP contribution in [0.3, 0.4) is 0 Å². The Balaban J connectivity index is 2.01. The van der Waals surface area contributed by atoms with Crippen molar-refractivity contribution in [1.29, 1.82) is 0 Å². The van der Waals surface area contributed by atoms with Gasteiger partial charge in [0.25, 0.3) is 10.0 Å². The Bertz CT molecular complexity index is 1240. The van der Waals surface area contributed by atoms with Crippen molar-refractivity contribution >= 4 is 50.5 Å². The summed E-state index contributed by atoms with van der Waals surface area (Å²) in [5.74, 6) is 0.00815. The van der Waals surface area contributed by atoms with E-state index in [1.54, 1.807) is 42.5 Å². The van der Waals surface area contributed by atoms with Crippen molar-refractivity contribution in [3.05, 3.63) is 76.3 Å². The first-order chi connectivity index (χ1) is 15.7. The lowest BCUT2D eigenvalue weighted by molar-refractivity contribution is -0.114. The molecule has 0 saturated heterocycles. The quantitative estimate of drug-likeness (QED) is 0.454. The number of ether oxygens (including phenoxy) is 2. The standard InChI is InChI=1S/C23H22Cl2N2O5S/c1-15-7-9-16(10-8-15)27(14-22(28)26-23-18(24)5-4-6-19(23)25)33(29,30)17-11-12-20(31-2)21(13-17)32-3/h4-13H,14H2,1-3H3,(H,26,28). The summed E-state index contributed by atoms with van der Waals surface area (Å²) in [6.07, 6.45) is 0. The Kier molecular flexibility index (Phi) is 7.73. The highest BCUT2D eigenvalue weighted by molar-refractivity contribution is 7.92. The molecule has 0 bridgehead atoms. The van der Waals surface area contributed by atoms with Gasteiger partial charge in [-0.1, -0.05) is 47.0 Å². The van der Waals surface area contributed by atoms with E-state index in [-0.39, 0.29) is 26.4 Å². The van der Waals surface area contributed by atoms with Crippen LogP contribution in [-0.2, 0) is 14.8 Å². The molecule has 1 N–H and O–H groups in total. The smallest absolute Gasteiger partial charge is 0.264 e. The second-order valence-corrected chi connectivity index (χ2v) is 9.69. The van der Waals surface area contributed by atoms with Crippen molar-refractivity contribution in [1.82, 2.24) is 0 Å². The number of sulfonamides is 1. The Labute approximate surface area is 202 Å². The molecule has 0 unspecified atom stereocenters. The summed E-state index contributed by atoms with van der Waals surface area (Å²) in [4.78, 5) is 12.8. The summed E-state index contributed by atoms with van der Waals surface area (Å²) >= 11 is 12.3. The molecule has 0 heterocycles. The lowest BCUT2D eigenvalue weighted by Gasteiger charge is -2.25. The van der Waals surface area contributed by atoms with Crippen LogP contribution < -0.4 is 19.1 Å². The summed E-state index contributed by atoms with van der Waals surface area (Å²) in [6.45, 7) is 1.37. The lowest BCUT2D eigenvalue weighted by atomic mass is 10.2. The minimum absolute atomic E-state index is 0.0655. The predicted octanol–water partition coefficient (Wildman–Crippen LogP) is 5.15. The van der Waals surface area contributed by atoms with E-state index < -0.39 is 22.5 Å². The Morgan fingerprint density at radius 1 is 0.939 bits per heavy atom. The number of carbonyl (C=O) groups excluding carboxylic acids is 1. The van der Waals surface area contributed by atoms with Crippen molar-refractivity contribution in [2.45, 2.75) is 11.8 Å². The highest BCUT2D eigenvalue weighted by Crippen LogP contribution is 2.33. The number of benzene rings is 3. The third-order valence-corrected chi connectivity index (χ3v) is 7.18. The van der Waals surface area contributed by atoms with E-state index in [1.165, 1.54) is 32.4 Å². The van der Waals surface area contributed by atoms with Crippen LogP contribution in [0, 0.1) is 6.92 Å². The molecule has 0 aromatic heterocycles. The number of halogens is 2. The Morgan fingerprint density at radius 2 is 1.55 bits per heavy atom. The third kappa shape index (κ3) is 5.52. The van der Waals surface area contributed by atoms with Gasteiger partial charge < -0.3 is 14.8 Å². The number of anilines is 2. The Hall–Kier alpha value is -2.94. The third-order valence-electron chi connectivity index (χ3n) is 4.78. The van der Waals surface area contributed by atoms with E-state index in [9.17, 15) is 13.2 Å². The highest BCUT2D eigenvalue weighted by atomic mass is 35.5. The van der Waals surface area contributed by atoms with Gasteiger partial charge in [-0.3, -0.25) is 9.10 Å². The van der Waals surface area contributed by atoms with Gasteiger partial charge >= 0.3 is 0 Å². The molecule has 7 nitrogen and oxygen atoms in total. The van der Waals surface area contributed by atoms with Crippen LogP contribution in [0.5, 0.6) is 11.5 Å². The maximum absolute atomic E-state index is 13.6. The first-order valence-corrected chi connectivity index (χ1v) is 11.9. The molecule has 3 rings (SSSR count). The summed E-state index contributed by atoms with van der Waals surface area (Å²) in [5.41, 5.74) is 1.46. The average molecular weight is 509 g/mol. The molecule has 0 atom stereocenters. The zero-order chi connectivity index (χ0) is 24.2. The van der Waals surface area contributed by atoms with E-state index in [2.05, 4.69) is 5.32 Å². The fraction of sp³-hybridized carbons (Fsp3) is 0.174. The molecule has 0 aliphatic heterocycles. The molecule has 0 aliphatic carbocycles. The van der Waals surface area contributed by atoms with E-state index >= 15 is 0 Å². The van der Waals surface area contributed by atoms with Crippen molar-refractivity contribution in [2.24, 2.45) is 0 Å². The van der Waals surface area contributed by atoms with E-state index in [0.717, 1.165) is 9.87 Å². The second-order valence-electron chi connectivity index (χ2n) is 7.01. The number of amides is 1. The first-order valence-electron chi connectivity index (χ1n) is 9.72. The van der Waals surface area contributed by atoms with E-state index in [4.69, 9.17) is 32.7 Å². The molecule has 33 heavy (non-hydrogen) atoms. The number of para-hydroxylation sites is 1. The first kappa shape index (κ1) is 24.7. The summed E-state index contributed by atoms with van der Waals surface area (Å²) in [7, 11) is -1.30. The molecule has 0 aliphatic rings. The number of rotatable bonds is 8. The molecule has 0 spiro atoms. The number of nitrogens with zero attached hydrogens (tertiary/aromatic N) is 1. The summed E-state index contributed by atoms with van der Waals surface area (Å²) < 4.78 is 38.7. The number of hydrogen-bond acceptors (Lipinski definition) is 5. The normalized spacial score (nSPS) is 11.1. The molecule has 0 radical (unpaired) electrons. The Morgan fingerprint density at radius 3 is 2.12 bits per heavy atom. The minimum atomic E-state index is -4.16. The van der Waals surface area contributed by atoms with Crippen LogP contribution in [0.25, 0.3) is 0 Å². The molecule has 3 aromatic carbocycles. The molecular weight excluding hydrogens is 487 g/mol. The molecule has 3 aromatic rings. The van der Waals surface area contributed by atoms with Gasteiger partial charge in [0.15, 0.2) is 11.5 Å². The van der Waals surface area contributed by atoms with Crippen molar-refractivity contribution in [3.63, 3.8) is 0 Å². The number of hydrogen-bond donors (Lipinski definition) is 1. The van der Waals surface area contributed by atoms with Gasteiger partial charge in [0, 0.05) is 6.07 Å². The lowest BCUT2D eigenvalue weighted by Crippen LogP contribution is -2.38. The number of carbonyl (C=O) groups is 1. The maximum Gasteiger partial charge on any atom is 0.264 e. The van der Waals surface area contributed by atoms with Crippen LogP contribution in [0.15, 0.2) is 65.6 Å². The number of aryl methyl sites for hydroxylation is 1. The van der Waals surface area contributed by atoms with Crippen LogP contribution >= 0.6 is 23.2 Å². The van der Waals surface area contributed by atoms with Crippen molar-refractivity contribution in [3.8, 4) is 11.5 Å². The fourth-order valence-corrected chi connectivity index (χ4v) is 4.99. The summed E-state index contributed by atoms with van der Waals surface area (Å²) in [6, 6.07) is 15.8. The second kappa shape index (κ2) is 10.3. The fourth-order valence-electron chi connectivity index (χ4n) is 3.06. The van der Waals surface area contributed by atoms with Gasteiger partial charge in [0.05, 0.1) is 40.5 Å². The van der Waals surface area contributed by atoms with Gasteiger partial charge in [-0.05, 0) is 43.3 Å². The molecule has 0 saturated carbocycles. The van der Waals surface area contributed by atoms with Gasteiger partial charge in [-0.15, -0.1) is 0 Å². The van der Waals surface area contributed by atoms with Crippen LogP contribution in [0.4, 0.5) is 11.4 Å². The minimum Gasteiger partial charge on any atom is -0.493 e. The zero-order valence-electron chi connectivity index (χ0n) is 18.1. The van der Waals surface area contributed by atoms with Crippen molar-refractivity contribution < 1.29 is 22.7 Å². The van der Waals surface area contributed by atoms with Gasteiger partial charge in [0.1, 0.15) is 6.54 Å². The topological polar surface area (TPSA) is 84.9 Å². The number of methoxy groups -OCH3 is 2. The van der Waals surface area contributed by atoms with Gasteiger partial charge in [0.2, 0.25) is 5.91 Å². The van der Waals surface area contributed by atoms with Crippen LogP contribution in [-0.4, -0.2) is 35.1 Å². The maximum atomic E-state index is 13.6. The number of nitrogens with one attached hydrogen (secondary N) is 1. The highest BCUT2D eigenvalue weighted by Gasteiger charge is 2.28. The largest absolute Gasteiger partial charge is 0.493 e. The summed E-state index contributed by atoms with van der Waals surface area (Å²) in [5, 5.41) is 3.07. The molecule has 10 heteroatoms. The molecule has 0 fully saturated rings. The predicted molar refractivity (Wildman–Crippen MR) is 130 cm³/mol. The molecule has 1 amide bonds. The molecular formula is C23H22Cl2N2O5S. The van der Waals surface area contributed by atoms with E-state index in [0.29, 0.717) is 11.4 Å². The van der Waals surface area contributed by atoms with Crippen LogP contribution in [0.1, 0.15) is 5.56 Å². The van der Waals surface area contributed by atoms with E-state index in [1.807, 2.05) is 6.92 Å². The zero-order valence-corrected chi connectivity index (χ0v) is 20.5.